The third-order valence-corrected chi connectivity index (χ3v) is 5.50. The lowest BCUT2D eigenvalue weighted by atomic mass is 9.59. The molecule has 1 fully saturated rings. The van der Waals surface area contributed by atoms with Crippen LogP contribution in [-0.4, -0.2) is 21.9 Å². The molecule has 2 heteroatoms. The first-order valence-electron chi connectivity index (χ1n) is 7.91. The largest absolute Gasteiger partial charge is 0.390 e. The van der Waals surface area contributed by atoms with E-state index in [1.807, 2.05) is 13.8 Å². The van der Waals surface area contributed by atoms with Gasteiger partial charge in [-0.15, -0.1) is 0 Å². The van der Waals surface area contributed by atoms with Gasteiger partial charge in [0, 0.05) is 0 Å². The molecule has 2 rings (SSSR count). The fourth-order valence-electron chi connectivity index (χ4n) is 4.05. The van der Waals surface area contributed by atoms with Crippen molar-refractivity contribution >= 4 is 0 Å². The lowest BCUT2D eigenvalue weighted by molar-refractivity contribution is -0.00758. The molecule has 3 atom stereocenters. The molecule has 2 aliphatic carbocycles. The first-order valence-corrected chi connectivity index (χ1v) is 7.91. The Hall–Kier alpha value is -0.340. The predicted octanol–water partition coefficient (Wildman–Crippen LogP) is 3.82. The van der Waals surface area contributed by atoms with Crippen molar-refractivity contribution in [2.24, 2.45) is 11.3 Å². The maximum Gasteiger partial charge on any atom is 0.0753 e. The highest BCUT2D eigenvalue weighted by Crippen LogP contribution is 2.53. The molecule has 0 aromatic carbocycles. The van der Waals surface area contributed by atoms with Crippen LogP contribution >= 0.6 is 0 Å². The average Bonchev–Trinajstić information content (AvgIpc) is 2.32. The standard InChI is InChI=1S/C17H30O2/c1-5-6-13-14-11-12(16(2,3)19)7-9-17(14,4)10-8-15(13)18/h12,15,18-19H,5-11H2,1-4H3. The van der Waals surface area contributed by atoms with E-state index in [0.717, 1.165) is 44.9 Å². The molecule has 1 saturated carbocycles. The second-order valence-corrected chi connectivity index (χ2v) is 7.46. The van der Waals surface area contributed by atoms with Crippen LogP contribution in [0.1, 0.15) is 72.6 Å². The van der Waals surface area contributed by atoms with Crippen LogP contribution < -0.4 is 0 Å². The van der Waals surface area contributed by atoms with Gasteiger partial charge in [0.2, 0.25) is 0 Å². The van der Waals surface area contributed by atoms with Crippen molar-refractivity contribution in [1.82, 2.24) is 0 Å². The van der Waals surface area contributed by atoms with Crippen molar-refractivity contribution in [2.45, 2.75) is 84.3 Å². The molecular formula is C17H30O2. The van der Waals surface area contributed by atoms with Gasteiger partial charge in [-0.3, -0.25) is 0 Å². The molecule has 2 aliphatic rings. The minimum Gasteiger partial charge on any atom is -0.390 e. The van der Waals surface area contributed by atoms with E-state index in [0.29, 0.717) is 5.92 Å². The summed E-state index contributed by atoms with van der Waals surface area (Å²) in [6.45, 7) is 8.41. The molecule has 0 amide bonds. The van der Waals surface area contributed by atoms with Gasteiger partial charge in [-0.05, 0) is 69.3 Å². The fraction of sp³-hybridized carbons (Fsp3) is 0.882. The minimum absolute atomic E-state index is 0.233. The summed E-state index contributed by atoms with van der Waals surface area (Å²) in [5.41, 5.74) is 2.45. The van der Waals surface area contributed by atoms with Crippen LogP contribution in [0.5, 0.6) is 0 Å². The number of hydrogen-bond acceptors (Lipinski definition) is 2. The van der Waals surface area contributed by atoms with E-state index in [2.05, 4.69) is 13.8 Å². The zero-order valence-electron chi connectivity index (χ0n) is 13.0. The van der Waals surface area contributed by atoms with E-state index in [9.17, 15) is 10.2 Å². The Kier molecular flexibility index (Phi) is 4.13. The van der Waals surface area contributed by atoms with Crippen LogP contribution in [-0.2, 0) is 0 Å². The molecule has 0 aromatic heterocycles. The van der Waals surface area contributed by atoms with Crippen molar-refractivity contribution in [1.29, 1.82) is 0 Å². The van der Waals surface area contributed by atoms with Gasteiger partial charge in [-0.1, -0.05) is 25.8 Å². The highest BCUT2D eigenvalue weighted by Gasteiger charge is 2.44. The summed E-state index contributed by atoms with van der Waals surface area (Å²) in [4.78, 5) is 0. The monoisotopic (exact) mass is 266 g/mol. The molecular weight excluding hydrogens is 236 g/mol. The molecule has 2 nitrogen and oxygen atoms in total. The van der Waals surface area contributed by atoms with Crippen LogP contribution in [0.4, 0.5) is 0 Å². The SMILES string of the molecule is CCCC1=C2CC(C(C)(C)O)CCC2(C)CCC1O. The second kappa shape index (κ2) is 5.21. The second-order valence-electron chi connectivity index (χ2n) is 7.46. The van der Waals surface area contributed by atoms with Gasteiger partial charge < -0.3 is 10.2 Å². The van der Waals surface area contributed by atoms with Gasteiger partial charge in [-0.25, -0.2) is 0 Å². The Bertz CT molecular complexity index is 364. The number of rotatable bonds is 3. The zero-order valence-corrected chi connectivity index (χ0v) is 13.0. The number of aliphatic hydroxyl groups excluding tert-OH is 1. The molecule has 0 radical (unpaired) electrons. The van der Waals surface area contributed by atoms with E-state index >= 15 is 0 Å². The number of allylic oxidation sites excluding steroid dienone is 1. The quantitative estimate of drug-likeness (QED) is 0.762. The van der Waals surface area contributed by atoms with Crippen LogP contribution in [0, 0.1) is 11.3 Å². The summed E-state index contributed by atoms with van der Waals surface area (Å²) < 4.78 is 0. The van der Waals surface area contributed by atoms with Crippen molar-refractivity contribution in [3.8, 4) is 0 Å². The Morgan fingerprint density at radius 1 is 1.26 bits per heavy atom. The lowest BCUT2D eigenvalue weighted by Gasteiger charge is -2.48. The predicted molar refractivity (Wildman–Crippen MR) is 78.9 cm³/mol. The third kappa shape index (κ3) is 2.90. The Labute approximate surface area is 117 Å². The summed E-state index contributed by atoms with van der Waals surface area (Å²) in [7, 11) is 0. The average molecular weight is 266 g/mol. The topological polar surface area (TPSA) is 40.5 Å². The fourth-order valence-corrected chi connectivity index (χ4v) is 4.05. The molecule has 19 heavy (non-hydrogen) atoms. The van der Waals surface area contributed by atoms with Crippen molar-refractivity contribution in [3.05, 3.63) is 11.1 Å². The highest BCUT2D eigenvalue weighted by molar-refractivity contribution is 5.30. The third-order valence-electron chi connectivity index (χ3n) is 5.50. The number of hydrogen-bond donors (Lipinski definition) is 2. The van der Waals surface area contributed by atoms with E-state index < -0.39 is 5.60 Å². The van der Waals surface area contributed by atoms with Gasteiger partial charge in [0.1, 0.15) is 0 Å². The number of aliphatic hydroxyl groups is 2. The maximum absolute atomic E-state index is 10.3. The van der Waals surface area contributed by atoms with Crippen molar-refractivity contribution in [3.63, 3.8) is 0 Å². The molecule has 0 spiro atoms. The summed E-state index contributed by atoms with van der Waals surface area (Å²) in [6.07, 6.45) is 7.16. The molecule has 110 valence electrons. The molecule has 3 unspecified atom stereocenters. The highest BCUT2D eigenvalue weighted by atomic mass is 16.3. The van der Waals surface area contributed by atoms with Gasteiger partial charge in [0.05, 0.1) is 11.7 Å². The molecule has 2 N–H and O–H groups in total. The van der Waals surface area contributed by atoms with E-state index in [1.165, 1.54) is 11.1 Å². The van der Waals surface area contributed by atoms with Gasteiger partial charge in [0.15, 0.2) is 0 Å². The van der Waals surface area contributed by atoms with Crippen molar-refractivity contribution in [2.75, 3.05) is 0 Å². The van der Waals surface area contributed by atoms with Gasteiger partial charge in [0.25, 0.3) is 0 Å². The van der Waals surface area contributed by atoms with Gasteiger partial charge >= 0.3 is 0 Å². The summed E-state index contributed by atoms with van der Waals surface area (Å²) in [5.74, 6) is 0.340. The Balaban J connectivity index is 2.34. The normalized spacial score (nSPS) is 36.3. The smallest absolute Gasteiger partial charge is 0.0753 e. The van der Waals surface area contributed by atoms with Crippen LogP contribution in [0.3, 0.4) is 0 Å². The molecule has 0 saturated heterocycles. The molecule has 0 aliphatic heterocycles. The lowest BCUT2D eigenvalue weighted by Crippen LogP contribution is -2.41. The van der Waals surface area contributed by atoms with Crippen LogP contribution in [0.25, 0.3) is 0 Å². The number of fused-ring (bicyclic) bond motifs is 1. The van der Waals surface area contributed by atoms with Gasteiger partial charge in [-0.2, -0.15) is 0 Å². The Morgan fingerprint density at radius 2 is 1.89 bits per heavy atom. The minimum atomic E-state index is -0.603. The van der Waals surface area contributed by atoms with E-state index in [4.69, 9.17) is 0 Å². The first-order chi connectivity index (χ1) is 8.78. The van der Waals surface area contributed by atoms with Crippen LogP contribution in [0.2, 0.25) is 0 Å². The maximum atomic E-state index is 10.3. The zero-order chi connectivity index (χ0) is 14.3. The van der Waals surface area contributed by atoms with E-state index in [-0.39, 0.29) is 11.5 Å². The molecule has 0 heterocycles. The Morgan fingerprint density at radius 3 is 2.47 bits per heavy atom. The van der Waals surface area contributed by atoms with E-state index in [1.54, 1.807) is 0 Å². The van der Waals surface area contributed by atoms with Crippen molar-refractivity contribution < 1.29 is 10.2 Å². The first kappa shape index (κ1) is 15.1. The van der Waals surface area contributed by atoms with Crippen LogP contribution in [0.15, 0.2) is 11.1 Å². The molecule has 0 aromatic rings. The summed E-state index contributed by atoms with van der Waals surface area (Å²) in [5, 5.41) is 20.6. The summed E-state index contributed by atoms with van der Waals surface area (Å²) in [6, 6.07) is 0. The molecule has 0 bridgehead atoms. The summed E-state index contributed by atoms with van der Waals surface area (Å²) >= 11 is 0.